The van der Waals surface area contributed by atoms with Crippen LogP contribution in [0.2, 0.25) is 0 Å². The molecule has 2 aromatic heterocycles. The number of aromatic amines is 1. The second kappa shape index (κ2) is 4.75. The van der Waals surface area contributed by atoms with Crippen LogP contribution in [0, 0.1) is 11.6 Å². The molecule has 4 heteroatoms. The third-order valence-electron chi connectivity index (χ3n) is 2.53. The van der Waals surface area contributed by atoms with E-state index in [9.17, 15) is 0 Å². The summed E-state index contributed by atoms with van der Waals surface area (Å²) in [7, 11) is 0. The molecule has 0 aliphatic rings. The first-order chi connectivity index (χ1) is 8.06. The summed E-state index contributed by atoms with van der Waals surface area (Å²) >= 11 is 5.18. The zero-order valence-electron chi connectivity index (χ0n) is 10.2. The average Bonchev–Trinajstić information content (AvgIpc) is 2.29. The van der Waals surface area contributed by atoms with Gasteiger partial charge in [0, 0.05) is 23.4 Å². The molecule has 2 rings (SSSR count). The van der Waals surface area contributed by atoms with Crippen molar-refractivity contribution in [3.8, 4) is 11.3 Å². The first kappa shape index (κ1) is 11.9. The number of hydrogen-bond donors (Lipinski definition) is 1. The summed E-state index contributed by atoms with van der Waals surface area (Å²) in [4.78, 5) is 11.9. The number of nitrogens with zero attached hydrogens (tertiary/aromatic N) is 2. The van der Waals surface area contributed by atoms with Crippen LogP contribution in [0.3, 0.4) is 0 Å². The zero-order valence-corrected chi connectivity index (χ0v) is 11.0. The van der Waals surface area contributed by atoms with E-state index in [2.05, 4.69) is 28.8 Å². The number of rotatable bonds is 2. The van der Waals surface area contributed by atoms with Gasteiger partial charge in [-0.1, -0.05) is 26.1 Å². The molecule has 0 spiro atoms. The van der Waals surface area contributed by atoms with Crippen LogP contribution in [0.15, 0.2) is 24.4 Å². The van der Waals surface area contributed by atoms with Gasteiger partial charge in [-0.15, -0.1) is 0 Å². The van der Waals surface area contributed by atoms with Crippen molar-refractivity contribution in [3.05, 3.63) is 40.6 Å². The van der Waals surface area contributed by atoms with Gasteiger partial charge in [-0.2, -0.15) is 0 Å². The molecule has 0 saturated heterocycles. The van der Waals surface area contributed by atoms with Gasteiger partial charge in [0.1, 0.15) is 10.5 Å². The Balaban J connectivity index is 2.52. The smallest absolute Gasteiger partial charge is 0.130 e. The summed E-state index contributed by atoms with van der Waals surface area (Å²) in [5.74, 6) is 1.24. The van der Waals surface area contributed by atoms with E-state index in [1.165, 1.54) is 0 Å². The number of hydrogen-bond acceptors (Lipinski definition) is 3. The highest BCUT2D eigenvalue weighted by atomic mass is 32.1. The van der Waals surface area contributed by atoms with Crippen molar-refractivity contribution in [1.29, 1.82) is 0 Å². The molecule has 0 aromatic carbocycles. The van der Waals surface area contributed by atoms with Crippen molar-refractivity contribution in [2.24, 2.45) is 0 Å². The molecule has 0 atom stereocenters. The van der Waals surface area contributed by atoms with Gasteiger partial charge in [-0.3, -0.25) is 4.98 Å². The molecule has 2 aromatic rings. The summed E-state index contributed by atoms with van der Waals surface area (Å²) in [5.41, 5.74) is 3.01. The molecule has 0 bridgehead atoms. The van der Waals surface area contributed by atoms with Gasteiger partial charge < -0.3 is 4.98 Å². The van der Waals surface area contributed by atoms with E-state index < -0.39 is 0 Å². The summed E-state index contributed by atoms with van der Waals surface area (Å²) in [6, 6.07) is 5.89. The van der Waals surface area contributed by atoms with Crippen LogP contribution < -0.4 is 0 Å². The SMILES string of the molecule is Cc1ccc(-c2cc(=S)nc(C(C)C)[nH]2)cn1. The van der Waals surface area contributed by atoms with Crippen molar-refractivity contribution in [2.75, 3.05) is 0 Å². The highest BCUT2D eigenvalue weighted by Gasteiger charge is 2.05. The Labute approximate surface area is 106 Å². The average molecular weight is 245 g/mol. The number of H-pyrrole nitrogens is 1. The van der Waals surface area contributed by atoms with Crippen LogP contribution in [-0.4, -0.2) is 15.0 Å². The lowest BCUT2D eigenvalue weighted by atomic mass is 10.1. The van der Waals surface area contributed by atoms with Crippen molar-refractivity contribution < 1.29 is 0 Å². The lowest BCUT2D eigenvalue weighted by Gasteiger charge is -2.08. The fourth-order valence-electron chi connectivity index (χ4n) is 1.53. The molecule has 0 fully saturated rings. The Bertz CT molecular complexity index is 570. The summed E-state index contributed by atoms with van der Waals surface area (Å²) in [6.45, 7) is 6.15. The van der Waals surface area contributed by atoms with Crippen molar-refractivity contribution >= 4 is 12.2 Å². The third-order valence-corrected chi connectivity index (χ3v) is 2.74. The molecule has 2 heterocycles. The predicted octanol–water partition coefficient (Wildman–Crippen LogP) is 3.63. The van der Waals surface area contributed by atoms with Gasteiger partial charge in [-0.25, -0.2) is 4.98 Å². The van der Waals surface area contributed by atoms with E-state index in [0.717, 1.165) is 22.8 Å². The Morgan fingerprint density at radius 3 is 2.65 bits per heavy atom. The standard InChI is InChI=1S/C13H15N3S/c1-8(2)13-15-11(6-12(17)16-13)10-5-4-9(3)14-7-10/h4-8H,1-3H3,(H,15,16,17). The Kier molecular flexibility index (Phi) is 3.33. The first-order valence-corrected chi connectivity index (χ1v) is 6.01. The maximum atomic E-state index is 5.18. The topological polar surface area (TPSA) is 41.6 Å². The van der Waals surface area contributed by atoms with Gasteiger partial charge in [0.15, 0.2) is 0 Å². The second-order valence-electron chi connectivity index (χ2n) is 4.36. The van der Waals surface area contributed by atoms with Crippen LogP contribution in [0.25, 0.3) is 11.3 Å². The summed E-state index contributed by atoms with van der Waals surface area (Å²) in [6.07, 6.45) is 1.85. The van der Waals surface area contributed by atoms with E-state index in [1.54, 1.807) is 0 Å². The third kappa shape index (κ3) is 2.77. The fourth-order valence-corrected chi connectivity index (χ4v) is 1.75. The molecular weight excluding hydrogens is 230 g/mol. The largest absolute Gasteiger partial charge is 0.343 e. The quantitative estimate of drug-likeness (QED) is 0.821. The van der Waals surface area contributed by atoms with Gasteiger partial charge >= 0.3 is 0 Å². The molecule has 88 valence electrons. The van der Waals surface area contributed by atoms with Gasteiger partial charge in [0.05, 0.1) is 5.69 Å². The van der Waals surface area contributed by atoms with Crippen LogP contribution in [0.1, 0.15) is 31.3 Å². The maximum absolute atomic E-state index is 5.18. The minimum Gasteiger partial charge on any atom is -0.343 e. The molecule has 0 unspecified atom stereocenters. The molecule has 1 N–H and O–H groups in total. The van der Waals surface area contributed by atoms with E-state index >= 15 is 0 Å². The molecule has 0 radical (unpaired) electrons. The Hall–Kier alpha value is -1.55. The van der Waals surface area contributed by atoms with Crippen LogP contribution in [0.5, 0.6) is 0 Å². The van der Waals surface area contributed by atoms with E-state index in [0.29, 0.717) is 10.6 Å². The fraction of sp³-hybridized carbons (Fsp3) is 0.308. The first-order valence-electron chi connectivity index (χ1n) is 5.60. The van der Waals surface area contributed by atoms with Gasteiger partial charge in [0.25, 0.3) is 0 Å². The molecule has 0 saturated carbocycles. The molecule has 0 amide bonds. The number of aryl methyl sites for hydroxylation is 1. The summed E-state index contributed by atoms with van der Waals surface area (Å²) in [5, 5.41) is 0. The van der Waals surface area contributed by atoms with Gasteiger partial charge in [-0.05, 0) is 25.1 Å². The zero-order chi connectivity index (χ0) is 12.4. The summed E-state index contributed by atoms with van der Waals surface area (Å²) < 4.78 is 0.614. The van der Waals surface area contributed by atoms with E-state index in [-0.39, 0.29) is 0 Å². The molecular formula is C13H15N3S. The monoisotopic (exact) mass is 245 g/mol. The maximum Gasteiger partial charge on any atom is 0.130 e. The van der Waals surface area contributed by atoms with E-state index in [1.807, 2.05) is 31.3 Å². The Morgan fingerprint density at radius 1 is 1.29 bits per heavy atom. The number of aromatic nitrogens is 3. The van der Waals surface area contributed by atoms with Crippen LogP contribution in [0.4, 0.5) is 0 Å². The lowest BCUT2D eigenvalue weighted by molar-refractivity contribution is 0.773. The molecule has 0 aliphatic carbocycles. The highest BCUT2D eigenvalue weighted by Crippen LogP contribution is 2.18. The number of nitrogens with one attached hydrogen (secondary N) is 1. The minimum absolute atomic E-state index is 0.329. The Morgan fingerprint density at radius 2 is 2.06 bits per heavy atom. The molecule has 0 aliphatic heterocycles. The minimum atomic E-state index is 0.329. The van der Waals surface area contributed by atoms with Crippen molar-refractivity contribution in [2.45, 2.75) is 26.7 Å². The second-order valence-corrected chi connectivity index (χ2v) is 4.78. The lowest BCUT2D eigenvalue weighted by Crippen LogP contribution is -1.99. The molecule has 17 heavy (non-hydrogen) atoms. The van der Waals surface area contributed by atoms with Crippen LogP contribution in [-0.2, 0) is 0 Å². The number of pyridine rings is 1. The predicted molar refractivity (Wildman–Crippen MR) is 71.5 cm³/mol. The highest BCUT2D eigenvalue weighted by molar-refractivity contribution is 7.71. The van der Waals surface area contributed by atoms with Crippen molar-refractivity contribution in [1.82, 2.24) is 15.0 Å². The van der Waals surface area contributed by atoms with Crippen LogP contribution >= 0.6 is 12.2 Å². The van der Waals surface area contributed by atoms with Gasteiger partial charge in [0.2, 0.25) is 0 Å². The normalized spacial score (nSPS) is 10.8. The van der Waals surface area contributed by atoms with E-state index in [4.69, 9.17) is 12.2 Å². The van der Waals surface area contributed by atoms with Crippen molar-refractivity contribution in [3.63, 3.8) is 0 Å². The molecule has 3 nitrogen and oxygen atoms in total.